The van der Waals surface area contributed by atoms with Gasteiger partial charge in [-0.15, -0.1) is 47.0 Å². The summed E-state index contributed by atoms with van der Waals surface area (Å²) in [5, 5.41) is 23.7. The number of methoxy groups -OCH3 is 2. The Bertz CT molecular complexity index is 1760. The van der Waals surface area contributed by atoms with Crippen molar-refractivity contribution in [1.82, 2.24) is 0 Å². The molecule has 0 fully saturated rings. The van der Waals surface area contributed by atoms with Crippen molar-refractivity contribution in [3.63, 3.8) is 0 Å². The number of thioether (sulfide) groups is 4. The Balaban J connectivity index is 0.000000296. The van der Waals surface area contributed by atoms with E-state index in [9.17, 15) is 10.2 Å². The van der Waals surface area contributed by atoms with E-state index in [1.165, 1.54) is 30.7 Å². The van der Waals surface area contributed by atoms with E-state index in [0.717, 1.165) is 85.5 Å². The first-order valence-electron chi connectivity index (χ1n) is 20.8. The zero-order chi connectivity index (χ0) is 44.3. The molecule has 2 N–H and O–H groups in total. The Labute approximate surface area is 375 Å². The van der Waals surface area contributed by atoms with Gasteiger partial charge in [-0.1, -0.05) is 77.6 Å². The highest BCUT2D eigenvalue weighted by molar-refractivity contribution is 8.00. The van der Waals surface area contributed by atoms with Crippen LogP contribution in [0.5, 0.6) is 11.5 Å². The first kappa shape index (κ1) is 51.4. The Hall–Kier alpha value is -3.00. The Morgan fingerprint density at radius 1 is 0.600 bits per heavy atom. The van der Waals surface area contributed by atoms with E-state index in [0.29, 0.717) is 0 Å². The van der Waals surface area contributed by atoms with Crippen LogP contribution in [0.3, 0.4) is 0 Å². The third-order valence-corrected chi connectivity index (χ3v) is 16.6. The summed E-state index contributed by atoms with van der Waals surface area (Å²) in [6.07, 6.45) is 12.1. The Morgan fingerprint density at radius 2 is 0.983 bits per heavy atom. The topological polar surface area (TPSA) is 127 Å². The molecule has 2 heterocycles. The molecule has 12 heteroatoms. The molecule has 0 aromatic heterocycles. The molecule has 60 heavy (non-hydrogen) atoms. The SMILES string of the molecule is CCCC[C@]1(CC)CSc2ccc(SC)cc2[C@@H](c2cccc(OC)c2)[C@H]1O.CCCC[C@]1(CC)CSc2ccc(SC)cc2[C@H](c2cccc(OC)c2)[C@@H]1O.O=O.O=O. The lowest BCUT2D eigenvalue weighted by atomic mass is 9.69. The van der Waals surface area contributed by atoms with Gasteiger partial charge in [0.1, 0.15) is 11.5 Å². The third kappa shape index (κ3) is 12.1. The zero-order valence-electron chi connectivity index (χ0n) is 36.4. The van der Waals surface area contributed by atoms with Crippen molar-refractivity contribution < 1.29 is 19.7 Å². The number of fused-ring (bicyclic) bond motifs is 2. The molecule has 4 aromatic carbocycles. The van der Waals surface area contributed by atoms with Gasteiger partial charge in [0.2, 0.25) is 0 Å². The average Bonchev–Trinajstić information content (AvgIpc) is 3.51. The maximum Gasteiger partial charge on any atom is 0.119 e. The monoisotopic (exact) mass is 896 g/mol. The summed E-state index contributed by atoms with van der Waals surface area (Å²) < 4.78 is 11.0. The molecule has 0 aliphatic carbocycles. The second-order valence-electron chi connectivity index (χ2n) is 15.4. The van der Waals surface area contributed by atoms with Crippen molar-refractivity contribution >= 4 is 47.0 Å². The summed E-state index contributed by atoms with van der Waals surface area (Å²) in [6, 6.07) is 30.0. The molecule has 6 rings (SSSR count). The van der Waals surface area contributed by atoms with E-state index < -0.39 is 12.2 Å². The summed E-state index contributed by atoms with van der Waals surface area (Å²) in [4.78, 5) is 33.1. The van der Waals surface area contributed by atoms with Crippen molar-refractivity contribution in [2.45, 2.75) is 123 Å². The second-order valence-corrected chi connectivity index (χ2v) is 19.2. The molecule has 0 radical (unpaired) electrons. The fourth-order valence-corrected chi connectivity index (χ4v) is 12.4. The Kier molecular flexibility index (Phi) is 22.1. The van der Waals surface area contributed by atoms with Crippen LogP contribution in [0.1, 0.15) is 113 Å². The molecule has 328 valence electrons. The highest BCUT2D eigenvalue weighted by Gasteiger charge is 2.46. The predicted octanol–water partition coefficient (Wildman–Crippen LogP) is 13.3. The van der Waals surface area contributed by atoms with Crippen LogP contribution in [0.15, 0.2) is 105 Å². The van der Waals surface area contributed by atoms with Gasteiger partial charge in [-0.05, 0) is 121 Å². The van der Waals surface area contributed by atoms with E-state index in [1.54, 1.807) is 37.7 Å². The van der Waals surface area contributed by atoms with Gasteiger partial charge in [0, 0.05) is 73.6 Å². The van der Waals surface area contributed by atoms with Gasteiger partial charge < -0.3 is 19.7 Å². The standard InChI is InChI=1S/2C24H32O2S2.2O2/c2*1-5-7-13-24(6-2)16-28-21-12-11-19(27-4)15-20(21)22(23(24)25)17-9-8-10-18(14-17)26-3;2*1-2/h2*8-12,14-15,22-23,25H,5-7,13,16H2,1-4H3;;/t22-,23-,24+;22-,23-,24-;;/m01../s1. The highest BCUT2D eigenvalue weighted by Crippen LogP contribution is 2.53. The molecule has 0 amide bonds. The summed E-state index contributed by atoms with van der Waals surface area (Å²) in [5.41, 5.74) is 4.64. The van der Waals surface area contributed by atoms with Gasteiger partial charge in [-0.2, -0.15) is 0 Å². The predicted molar refractivity (Wildman–Crippen MR) is 258 cm³/mol. The lowest BCUT2D eigenvalue weighted by molar-refractivity contribution is 0.0181. The van der Waals surface area contributed by atoms with Gasteiger partial charge >= 0.3 is 0 Å². The molecular weight excluding hydrogens is 833 g/mol. The van der Waals surface area contributed by atoms with Crippen LogP contribution in [-0.4, -0.2) is 60.7 Å². The summed E-state index contributed by atoms with van der Waals surface area (Å²) in [6.45, 7) is 8.95. The van der Waals surface area contributed by atoms with Crippen molar-refractivity contribution in [3.8, 4) is 11.5 Å². The van der Waals surface area contributed by atoms with E-state index in [-0.39, 0.29) is 22.7 Å². The van der Waals surface area contributed by atoms with Gasteiger partial charge in [0.25, 0.3) is 0 Å². The van der Waals surface area contributed by atoms with Crippen LogP contribution in [-0.2, 0) is 0 Å². The number of aliphatic hydroxyl groups is 2. The summed E-state index contributed by atoms with van der Waals surface area (Å²) >= 11 is 7.36. The molecule has 0 spiro atoms. The number of benzene rings is 4. The molecular formula is C48H64O8S4. The first-order chi connectivity index (χ1) is 29.2. The fourth-order valence-electron chi connectivity index (χ4n) is 8.58. The van der Waals surface area contributed by atoms with Gasteiger partial charge in [0.05, 0.1) is 26.4 Å². The van der Waals surface area contributed by atoms with Crippen LogP contribution < -0.4 is 9.47 Å². The molecule has 0 unspecified atom stereocenters. The lowest BCUT2D eigenvalue weighted by Gasteiger charge is -2.40. The van der Waals surface area contributed by atoms with Crippen molar-refractivity contribution in [1.29, 1.82) is 0 Å². The lowest BCUT2D eigenvalue weighted by Crippen LogP contribution is -2.40. The molecule has 4 aromatic rings. The van der Waals surface area contributed by atoms with Gasteiger partial charge in [-0.25, -0.2) is 0 Å². The van der Waals surface area contributed by atoms with Crippen molar-refractivity contribution in [2.24, 2.45) is 10.8 Å². The summed E-state index contributed by atoms with van der Waals surface area (Å²) in [7, 11) is 3.41. The zero-order valence-corrected chi connectivity index (χ0v) is 39.7. The number of unbranched alkanes of at least 4 members (excludes halogenated alkanes) is 2. The maximum absolute atomic E-state index is 11.9. The van der Waals surface area contributed by atoms with Crippen LogP contribution in [0.25, 0.3) is 0 Å². The third-order valence-electron chi connectivity index (χ3n) is 12.4. The maximum atomic E-state index is 11.9. The average molecular weight is 897 g/mol. The molecule has 6 atom stereocenters. The van der Waals surface area contributed by atoms with E-state index in [1.807, 2.05) is 47.8 Å². The molecule has 8 nitrogen and oxygen atoms in total. The normalized spacial score (nSPS) is 23.0. The quantitative estimate of drug-likeness (QED) is 0.117. The highest BCUT2D eigenvalue weighted by atomic mass is 32.2. The summed E-state index contributed by atoms with van der Waals surface area (Å²) in [5.74, 6) is 3.56. The number of rotatable bonds is 14. The second kappa shape index (κ2) is 25.8. The minimum absolute atomic E-state index is 0.0380. The van der Waals surface area contributed by atoms with Crippen LogP contribution in [0.2, 0.25) is 0 Å². The fraction of sp³-hybridized carbons (Fsp3) is 0.500. The largest absolute Gasteiger partial charge is 0.497 e. The van der Waals surface area contributed by atoms with Crippen LogP contribution in [0, 0.1) is 30.7 Å². The minimum Gasteiger partial charge on any atom is -0.497 e. The molecule has 0 bridgehead atoms. The van der Waals surface area contributed by atoms with Crippen LogP contribution in [0.4, 0.5) is 0 Å². The number of ether oxygens (including phenoxy) is 2. The number of aliphatic hydroxyl groups excluding tert-OH is 2. The molecule has 2 aliphatic rings. The first-order valence-corrected chi connectivity index (χ1v) is 25.2. The molecule has 0 saturated heterocycles. The smallest absolute Gasteiger partial charge is 0.119 e. The molecule has 2 aliphatic heterocycles. The van der Waals surface area contributed by atoms with Crippen molar-refractivity contribution in [3.05, 3.63) is 127 Å². The van der Waals surface area contributed by atoms with E-state index in [2.05, 4.69) is 101 Å². The van der Waals surface area contributed by atoms with Crippen molar-refractivity contribution in [2.75, 3.05) is 38.2 Å². The number of hydrogen-bond donors (Lipinski definition) is 2. The number of hydrogen-bond acceptors (Lipinski definition) is 12. The minimum atomic E-state index is -0.415. The molecule has 0 saturated carbocycles. The van der Waals surface area contributed by atoms with Gasteiger partial charge in [-0.3, -0.25) is 0 Å². The Morgan fingerprint density at radius 3 is 1.30 bits per heavy atom. The van der Waals surface area contributed by atoms with Gasteiger partial charge in [0.15, 0.2) is 0 Å². The van der Waals surface area contributed by atoms with Crippen LogP contribution >= 0.6 is 47.0 Å². The van der Waals surface area contributed by atoms with E-state index in [4.69, 9.17) is 29.3 Å². The van der Waals surface area contributed by atoms with E-state index >= 15 is 0 Å².